The molecule has 0 amide bonds. The smallest absolute Gasteiger partial charge is 0.165 e. The molecule has 0 aliphatic carbocycles. The van der Waals surface area contributed by atoms with E-state index in [2.05, 4.69) is 12.1 Å². The van der Waals surface area contributed by atoms with Crippen LogP contribution in [-0.2, 0) is 4.79 Å². The van der Waals surface area contributed by atoms with Crippen LogP contribution in [0.1, 0.15) is 0 Å². The molecule has 0 saturated heterocycles. The third-order valence-electron chi connectivity index (χ3n) is 3.60. The zero-order valence-electron chi connectivity index (χ0n) is 10.6. The Labute approximate surface area is 115 Å². The number of hydrogen-bond donors (Lipinski definition) is 2. The van der Waals surface area contributed by atoms with E-state index in [9.17, 15) is 10.2 Å². The van der Waals surface area contributed by atoms with Crippen LogP contribution in [0.2, 0.25) is 0 Å². The van der Waals surface area contributed by atoms with Gasteiger partial charge in [-0.1, -0.05) is 36.4 Å². The summed E-state index contributed by atoms with van der Waals surface area (Å²) in [6, 6.07) is 15.6. The predicted octanol–water partition coefficient (Wildman–Crippen LogP) is 3.81. The van der Waals surface area contributed by atoms with Gasteiger partial charge in [0.15, 0.2) is 11.5 Å². The molecule has 0 bridgehead atoms. The van der Waals surface area contributed by atoms with Crippen LogP contribution in [-0.4, -0.2) is 17.0 Å². The summed E-state index contributed by atoms with van der Waals surface area (Å²) in [4.78, 5) is 8.00. The molecule has 4 rings (SSSR count). The molecule has 0 aromatic heterocycles. The van der Waals surface area contributed by atoms with Gasteiger partial charge in [0.2, 0.25) is 0 Å². The first-order chi connectivity index (χ1) is 9.75. The highest BCUT2D eigenvalue weighted by Crippen LogP contribution is 2.42. The normalized spacial score (nSPS) is 10.8. The van der Waals surface area contributed by atoms with E-state index in [4.69, 9.17) is 4.79 Å². The zero-order chi connectivity index (χ0) is 14.3. The summed E-state index contributed by atoms with van der Waals surface area (Å²) >= 11 is 0. The third-order valence-corrected chi connectivity index (χ3v) is 3.60. The van der Waals surface area contributed by atoms with Crippen LogP contribution in [0.4, 0.5) is 0 Å². The topological polar surface area (TPSA) is 57.5 Å². The average Bonchev–Trinajstić information content (AvgIpc) is 2.50. The lowest BCUT2D eigenvalue weighted by Gasteiger charge is -2.12. The summed E-state index contributed by atoms with van der Waals surface area (Å²) in [6.07, 6.45) is 0. The molecule has 0 unspecified atom stereocenters. The molecule has 3 nitrogen and oxygen atoms in total. The van der Waals surface area contributed by atoms with Gasteiger partial charge >= 0.3 is 0 Å². The van der Waals surface area contributed by atoms with Crippen molar-refractivity contribution in [3.05, 3.63) is 48.5 Å². The van der Waals surface area contributed by atoms with Gasteiger partial charge in [0.25, 0.3) is 0 Å². The van der Waals surface area contributed by atoms with Crippen molar-refractivity contribution in [2.24, 2.45) is 0 Å². The van der Waals surface area contributed by atoms with Crippen LogP contribution in [0.25, 0.3) is 32.3 Å². The van der Waals surface area contributed by atoms with Gasteiger partial charge in [0.1, 0.15) is 6.79 Å². The third kappa shape index (κ3) is 1.50. The fourth-order valence-corrected chi connectivity index (χ4v) is 2.78. The quantitative estimate of drug-likeness (QED) is 0.375. The van der Waals surface area contributed by atoms with E-state index in [1.165, 1.54) is 0 Å². The van der Waals surface area contributed by atoms with Crippen molar-refractivity contribution in [1.82, 2.24) is 0 Å². The molecule has 0 heterocycles. The number of aromatic hydroxyl groups is 2. The Balaban J connectivity index is 0.000000581. The summed E-state index contributed by atoms with van der Waals surface area (Å²) in [5.74, 6) is -0.110. The monoisotopic (exact) mass is 264 g/mol. The molecule has 2 N–H and O–H groups in total. The Bertz CT molecular complexity index is 896. The minimum Gasteiger partial charge on any atom is -0.504 e. The van der Waals surface area contributed by atoms with Gasteiger partial charge in [-0.25, -0.2) is 0 Å². The maximum atomic E-state index is 9.98. The number of hydrogen-bond acceptors (Lipinski definition) is 3. The first-order valence-electron chi connectivity index (χ1n) is 6.13. The molecular weight excluding hydrogens is 252 g/mol. The first kappa shape index (κ1) is 12.2. The van der Waals surface area contributed by atoms with Crippen LogP contribution < -0.4 is 0 Å². The number of phenols is 2. The lowest BCUT2D eigenvalue weighted by Crippen LogP contribution is -1.84. The molecule has 0 aliphatic rings. The first-order valence-corrected chi connectivity index (χ1v) is 6.13. The Morgan fingerprint density at radius 1 is 0.750 bits per heavy atom. The Morgan fingerprint density at radius 3 is 2.05 bits per heavy atom. The molecular formula is C17H12O3. The van der Waals surface area contributed by atoms with E-state index in [-0.39, 0.29) is 11.5 Å². The summed E-state index contributed by atoms with van der Waals surface area (Å²) in [7, 11) is 0. The van der Waals surface area contributed by atoms with E-state index in [0.29, 0.717) is 5.39 Å². The predicted molar refractivity (Wildman–Crippen MR) is 80.6 cm³/mol. The van der Waals surface area contributed by atoms with E-state index >= 15 is 0 Å². The number of phenolic OH excluding ortho intramolecular Hbond substituents is 2. The van der Waals surface area contributed by atoms with Crippen LogP contribution >= 0.6 is 0 Å². The van der Waals surface area contributed by atoms with Gasteiger partial charge in [-0.3, -0.25) is 0 Å². The van der Waals surface area contributed by atoms with Gasteiger partial charge in [-0.05, 0) is 33.7 Å². The highest BCUT2D eigenvalue weighted by molar-refractivity contribution is 6.24. The minimum absolute atomic E-state index is 0.0410. The van der Waals surface area contributed by atoms with Crippen molar-refractivity contribution in [1.29, 1.82) is 0 Å². The van der Waals surface area contributed by atoms with Gasteiger partial charge in [-0.2, -0.15) is 0 Å². The molecule has 0 atom stereocenters. The molecule has 4 aromatic rings. The zero-order valence-corrected chi connectivity index (χ0v) is 10.6. The molecule has 20 heavy (non-hydrogen) atoms. The van der Waals surface area contributed by atoms with Crippen LogP contribution in [0.3, 0.4) is 0 Å². The summed E-state index contributed by atoms with van der Waals surface area (Å²) in [6.45, 7) is 2.00. The molecule has 0 spiro atoms. The van der Waals surface area contributed by atoms with Crippen LogP contribution in [0.5, 0.6) is 11.5 Å². The van der Waals surface area contributed by atoms with Crippen molar-refractivity contribution >= 4 is 39.1 Å². The second-order valence-electron chi connectivity index (χ2n) is 4.60. The Kier molecular flexibility index (Phi) is 2.68. The van der Waals surface area contributed by atoms with E-state index in [1.54, 1.807) is 6.07 Å². The van der Waals surface area contributed by atoms with Crippen molar-refractivity contribution in [3.63, 3.8) is 0 Å². The minimum atomic E-state index is -0.0686. The second-order valence-corrected chi connectivity index (χ2v) is 4.60. The van der Waals surface area contributed by atoms with Crippen molar-refractivity contribution in [2.75, 3.05) is 0 Å². The maximum absolute atomic E-state index is 9.98. The van der Waals surface area contributed by atoms with Gasteiger partial charge < -0.3 is 15.0 Å². The number of rotatable bonds is 0. The van der Waals surface area contributed by atoms with Crippen LogP contribution in [0.15, 0.2) is 48.5 Å². The van der Waals surface area contributed by atoms with Gasteiger partial charge in [0, 0.05) is 10.8 Å². The summed E-state index contributed by atoms with van der Waals surface area (Å²) in [5.41, 5.74) is 0. The highest BCUT2D eigenvalue weighted by atomic mass is 16.3. The molecule has 0 aliphatic heterocycles. The molecule has 98 valence electrons. The lowest BCUT2D eigenvalue weighted by atomic mass is 9.94. The Morgan fingerprint density at radius 2 is 1.35 bits per heavy atom. The van der Waals surface area contributed by atoms with E-state index < -0.39 is 0 Å². The number of carbonyl (C=O) groups is 1. The standard InChI is InChI=1S/C16H10O2.CH2O/c17-13-8-11-5-4-9-2-1-3-10-6-7-12(16(13)18)15(11)14(9)10;1-2/h1-8,17-18H;1H2. The van der Waals surface area contributed by atoms with Crippen molar-refractivity contribution in [3.8, 4) is 11.5 Å². The van der Waals surface area contributed by atoms with E-state index in [0.717, 1.165) is 26.9 Å². The SMILES string of the molecule is C=O.Oc1cc2ccc3cccc4ccc(c1O)c2c34. The lowest BCUT2D eigenvalue weighted by molar-refractivity contribution is -0.0979. The highest BCUT2D eigenvalue weighted by Gasteiger charge is 2.13. The van der Waals surface area contributed by atoms with Crippen molar-refractivity contribution < 1.29 is 15.0 Å². The number of benzene rings is 4. The summed E-state index contributed by atoms with van der Waals surface area (Å²) in [5, 5.41) is 25.8. The van der Waals surface area contributed by atoms with Crippen LogP contribution in [0, 0.1) is 0 Å². The second kappa shape index (κ2) is 4.38. The maximum Gasteiger partial charge on any atom is 0.165 e. The van der Waals surface area contributed by atoms with Gasteiger partial charge in [-0.15, -0.1) is 0 Å². The fourth-order valence-electron chi connectivity index (χ4n) is 2.78. The molecule has 0 saturated carbocycles. The molecule has 0 fully saturated rings. The summed E-state index contributed by atoms with van der Waals surface area (Å²) < 4.78 is 0. The Hall–Kier alpha value is -2.81. The number of carbonyl (C=O) groups excluding carboxylic acids is 1. The largest absolute Gasteiger partial charge is 0.504 e. The van der Waals surface area contributed by atoms with Crippen molar-refractivity contribution in [2.45, 2.75) is 0 Å². The fraction of sp³-hybridized carbons (Fsp3) is 0. The molecule has 4 aromatic carbocycles. The average molecular weight is 264 g/mol. The van der Waals surface area contributed by atoms with E-state index in [1.807, 2.05) is 37.1 Å². The molecule has 3 heteroatoms. The van der Waals surface area contributed by atoms with Gasteiger partial charge in [0.05, 0.1) is 0 Å². The molecule has 0 radical (unpaired) electrons.